The molecule has 0 saturated heterocycles. The predicted molar refractivity (Wildman–Crippen MR) is 160 cm³/mol. The Morgan fingerprint density at radius 1 is 0.833 bits per heavy atom. The van der Waals surface area contributed by atoms with E-state index in [0.717, 1.165) is 15.9 Å². The minimum Gasteiger partial charge on any atom is -0.505 e. The largest absolute Gasteiger partial charge is 0.505 e. The molecule has 6 nitrogen and oxygen atoms in total. The van der Waals surface area contributed by atoms with Crippen molar-refractivity contribution in [1.82, 2.24) is 4.31 Å². The van der Waals surface area contributed by atoms with Crippen molar-refractivity contribution >= 4 is 33.2 Å². The maximum absolute atomic E-state index is 14.0. The lowest BCUT2D eigenvalue weighted by Crippen LogP contribution is -2.31. The zero-order chi connectivity index (χ0) is 30.6. The summed E-state index contributed by atoms with van der Waals surface area (Å²) in [6.07, 6.45) is 0.487. The van der Waals surface area contributed by atoms with Crippen LogP contribution in [0.5, 0.6) is 17.2 Å². The van der Waals surface area contributed by atoms with Gasteiger partial charge in [-0.2, -0.15) is 4.31 Å². The standard InChI is InChI=1S/C31H30Cl2F2N2O4S/c1-19(2)29(36)14-21-11-22(13-27(12-21)41-26-9-7-25(35)8-10-26)18-37(17-20-3-5-24(34)6-4-20)42(39,40)30-16-23(32)15-28(33)31(30)38/h3-13,15-16,19,29,38H,14,17-18,36H2,1-2H3. The first-order valence-corrected chi connectivity index (χ1v) is 15.3. The molecule has 4 aromatic rings. The van der Waals surface area contributed by atoms with Crippen molar-refractivity contribution in [3.8, 4) is 17.2 Å². The van der Waals surface area contributed by atoms with E-state index in [1.54, 1.807) is 12.1 Å². The van der Waals surface area contributed by atoms with Crippen LogP contribution in [0.15, 0.2) is 83.8 Å². The summed E-state index contributed by atoms with van der Waals surface area (Å²) < 4.78 is 62.2. The van der Waals surface area contributed by atoms with E-state index in [4.69, 9.17) is 33.7 Å². The smallest absolute Gasteiger partial charge is 0.247 e. The van der Waals surface area contributed by atoms with Crippen molar-refractivity contribution < 1.29 is 27.0 Å². The quantitative estimate of drug-likeness (QED) is 0.176. The molecule has 42 heavy (non-hydrogen) atoms. The predicted octanol–water partition coefficient (Wildman–Crippen LogP) is 7.69. The number of benzene rings is 4. The first kappa shape index (κ1) is 31.7. The Morgan fingerprint density at radius 2 is 1.40 bits per heavy atom. The highest BCUT2D eigenvalue weighted by atomic mass is 35.5. The number of rotatable bonds is 11. The molecule has 0 aliphatic heterocycles. The molecule has 0 aliphatic rings. The number of ether oxygens (including phenoxy) is 1. The lowest BCUT2D eigenvalue weighted by atomic mass is 9.96. The summed E-state index contributed by atoms with van der Waals surface area (Å²) in [6.45, 7) is 3.69. The molecule has 1 atom stereocenters. The fraction of sp³-hybridized carbons (Fsp3) is 0.226. The molecule has 4 aromatic carbocycles. The molecule has 0 heterocycles. The Hall–Kier alpha value is -3.21. The van der Waals surface area contributed by atoms with E-state index in [1.807, 2.05) is 19.9 Å². The van der Waals surface area contributed by atoms with Crippen molar-refractivity contribution in [2.75, 3.05) is 0 Å². The molecule has 0 amide bonds. The normalized spacial score (nSPS) is 12.6. The third-order valence-corrected chi connectivity index (χ3v) is 8.96. The van der Waals surface area contributed by atoms with Crippen molar-refractivity contribution in [1.29, 1.82) is 0 Å². The summed E-state index contributed by atoms with van der Waals surface area (Å²) in [6, 6.07) is 18.4. The maximum Gasteiger partial charge on any atom is 0.247 e. The Morgan fingerprint density at radius 3 is 2.02 bits per heavy atom. The minimum absolute atomic E-state index is 0.0257. The summed E-state index contributed by atoms with van der Waals surface area (Å²) in [7, 11) is -4.40. The maximum atomic E-state index is 14.0. The molecule has 0 spiro atoms. The molecule has 3 N–H and O–H groups in total. The molecule has 1 unspecified atom stereocenters. The van der Waals surface area contributed by atoms with Gasteiger partial charge in [-0.1, -0.05) is 55.2 Å². The third-order valence-electron chi connectivity index (χ3n) is 6.65. The highest BCUT2D eigenvalue weighted by Crippen LogP contribution is 2.37. The van der Waals surface area contributed by atoms with E-state index < -0.39 is 32.3 Å². The number of sulfonamides is 1. The number of hydrogen-bond acceptors (Lipinski definition) is 5. The molecular formula is C31H30Cl2F2N2O4S. The second kappa shape index (κ2) is 13.4. The number of phenols is 1. The monoisotopic (exact) mass is 634 g/mol. The summed E-state index contributed by atoms with van der Waals surface area (Å²) in [5, 5.41) is 10.4. The van der Waals surface area contributed by atoms with Gasteiger partial charge in [0.05, 0.1) is 5.02 Å². The third kappa shape index (κ3) is 7.99. The molecule has 0 aliphatic carbocycles. The number of nitrogens with two attached hydrogens (primary N) is 1. The molecule has 222 valence electrons. The van der Waals surface area contributed by atoms with Gasteiger partial charge in [0.25, 0.3) is 0 Å². The van der Waals surface area contributed by atoms with Crippen molar-refractivity contribution in [2.24, 2.45) is 11.7 Å². The van der Waals surface area contributed by atoms with Gasteiger partial charge in [0.15, 0.2) is 5.75 Å². The fourth-order valence-corrected chi connectivity index (χ4v) is 6.40. The molecule has 0 radical (unpaired) electrons. The van der Waals surface area contributed by atoms with Crippen LogP contribution in [0.2, 0.25) is 10.0 Å². The number of nitrogens with zero attached hydrogens (tertiary/aromatic N) is 1. The van der Waals surface area contributed by atoms with Gasteiger partial charge in [-0.3, -0.25) is 0 Å². The molecular weight excluding hydrogens is 605 g/mol. The van der Waals surface area contributed by atoms with E-state index in [-0.39, 0.29) is 35.1 Å². The van der Waals surface area contributed by atoms with Gasteiger partial charge in [0.1, 0.15) is 28.0 Å². The van der Waals surface area contributed by atoms with Crippen molar-refractivity contribution in [2.45, 2.75) is 44.3 Å². The lowest BCUT2D eigenvalue weighted by molar-refractivity contribution is 0.393. The Balaban J connectivity index is 1.78. The number of hydrogen-bond donors (Lipinski definition) is 2. The van der Waals surface area contributed by atoms with Crippen LogP contribution >= 0.6 is 23.2 Å². The summed E-state index contributed by atoms with van der Waals surface area (Å²) in [5.74, 6) is -0.544. The van der Waals surface area contributed by atoms with Gasteiger partial charge in [-0.25, -0.2) is 17.2 Å². The average Bonchev–Trinajstić information content (AvgIpc) is 2.92. The molecule has 4 rings (SSSR count). The molecule has 0 saturated carbocycles. The van der Waals surface area contributed by atoms with E-state index in [1.165, 1.54) is 54.6 Å². The van der Waals surface area contributed by atoms with Crippen LogP contribution < -0.4 is 10.5 Å². The fourth-order valence-electron chi connectivity index (χ4n) is 4.24. The summed E-state index contributed by atoms with van der Waals surface area (Å²) in [5.41, 5.74) is 8.22. The van der Waals surface area contributed by atoms with Crippen LogP contribution in [0, 0.1) is 17.6 Å². The highest BCUT2D eigenvalue weighted by molar-refractivity contribution is 7.89. The van der Waals surface area contributed by atoms with E-state index >= 15 is 0 Å². The highest BCUT2D eigenvalue weighted by Gasteiger charge is 2.30. The minimum atomic E-state index is -4.40. The zero-order valence-electron chi connectivity index (χ0n) is 22.9. The zero-order valence-corrected chi connectivity index (χ0v) is 25.2. The average molecular weight is 636 g/mol. The second-order valence-electron chi connectivity index (χ2n) is 10.3. The number of halogens is 4. The second-order valence-corrected chi connectivity index (χ2v) is 13.0. The van der Waals surface area contributed by atoms with E-state index in [9.17, 15) is 22.3 Å². The first-order valence-electron chi connectivity index (χ1n) is 13.1. The van der Waals surface area contributed by atoms with Crippen molar-refractivity contribution in [3.63, 3.8) is 0 Å². The molecule has 0 fully saturated rings. The SMILES string of the molecule is CC(C)C(N)Cc1cc(CN(Cc2ccc(F)cc2)S(=O)(=O)c2cc(Cl)cc(Cl)c2O)cc(Oc2ccc(F)cc2)c1. The topological polar surface area (TPSA) is 92.9 Å². The Kier molecular flexibility index (Phi) is 10.1. The van der Waals surface area contributed by atoms with Crippen LogP contribution in [-0.2, 0) is 29.5 Å². The van der Waals surface area contributed by atoms with Gasteiger partial charge < -0.3 is 15.6 Å². The van der Waals surface area contributed by atoms with Gasteiger partial charge in [0.2, 0.25) is 10.0 Å². The first-order chi connectivity index (χ1) is 19.8. The van der Waals surface area contributed by atoms with E-state index in [0.29, 0.717) is 29.0 Å². The van der Waals surface area contributed by atoms with Crippen LogP contribution in [0.25, 0.3) is 0 Å². The lowest BCUT2D eigenvalue weighted by Gasteiger charge is -2.24. The van der Waals surface area contributed by atoms with Crippen LogP contribution in [0.1, 0.15) is 30.5 Å². The number of aromatic hydroxyl groups is 1. The molecule has 11 heteroatoms. The van der Waals surface area contributed by atoms with Crippen LogP contribution in [0.4, 0.5) is 8.78 Å². The van der Waals surface area contributed by atoms with Crippen LogP contribution in [-0.4, -0.2) is 23.9 Å². The molecule has 0 aromatic heterocycles. The summed E-state index contributed by atoms with van der Waals surface area (Å²) in [4.78, 5) is -0.470. The van der Waals surface area contributed by atoms with Crippen molar-refractivity contribution in [3.05, 3.63) is 117 Å². The molecule has 0 bridgehead atoms. The van der Waals surface area contributed by atoms with E-state index in [2.05, 4.69) is 0 Å². The number of phenolic OH excluding ortho intramolecular Hbond substituents is 1. The van der Waals surface area contributed by atoms with Crippen LogP contribution in [0.3, 0.4) is 0 Å². The van der Waals surface area contributed by atoms with Gasteiger partial charge in [-0.05, 0) is 89.7 Å². The van der Waals surface area contributed by atoms with Gasteiger partial charge >= 0.3 is 0 Å². The Bertz CT molecular complexity index is 1650. The van der Waals surface area contributed by atoms with Gasteiger partial charge in [-0.15, -0.1) is 0 Å². The van der Waals surface area contributed by atoms with Gasteiger partial charge in [0, 0.05) is 24.2 Å². The Labute approximate surface area is 254 Å². The summed E-state index contributed by atoms with van der Waals surface area (Å²) >= 11 is 12.2.